The van der Waals surface area contributed by atoms with E-state index in [1.165, 1.54) is 0 Å². The number of ketones is 1. The zero-order valence-corrected chi connectivity index (χ0v) is 16.1. The van der Waals surface area contributed by atoms with Crippen molar-refractivity contribution in [3.05, 3.63) is 0 Å². The van der Waals surface area contributed by atoms with Gasteiger partial charge in [0.15, 0.2) is 0 Å². The van der Waals surface area contributed by atoms with Crippen LogP contribution in [0.3, 0.4) is 0 Å². The van der Waals surface area contributed by atoms with Crippen molar-refractivity contribution in [3.63, 3.8) is 0 Å². The van der Waals surface area contributed by atoms with Gasteiger partial charge in [-0.05, 0) is 33.1 Å². The first-order valence-electron chi connectivity index (χ1n) is 9.47. The van der Waals surface area contributed by atoms with E-state index in [9.17, 15) is 4.79 Å². The van der Waals surface area contributed by atoms with E-state index < -0.39 is 0 Å². The molecule has 0 amide bonds. The summed E-state index contributed by atoms with van der Waals surface area (Å²) in [6, 6.07) is 0.0353. The Balaban J connectivity index is 2.87. The molecule has 1 rings (SSSR count). The SMILES string of the molecule is CCN1CCN(CC)CCN(CC)C(C(C)=O)CN(CC)CC1. The molecule has 1 atom stereocenters. The Morgan fingerprint density at radius 2 is 1.17 bits per heavy atom. The fourth-order valence-electron chi connectivity index (χ4n) is 3.35. The van der Waals surface area contributed by atoms with E-state index in [0.29, 0.717) is 5.78 Å². The van der Waals surface area contributed by atoms with Crippen LogP contribution >= 0.6 is 0 Å². The minimum absolute atomic E-state index is 0.0353. The minimum atomic E-state index is 0.0353. The largest absolute Gasteiger partial charge is 0.301 e. The summed E-state index contributed by atoms with van der Waals surface area (Å²) >= 11 is 0. The summed E-state index contributed by atoms with van der Waals surface area (Å²) in [4.78, 5) is 22.1. The van der Waals surface area contributed by atoms with Crippen LogP contribution in [0.15, 0.2) is 0 Å². The van der Waals surface area contributed by atoms with Gasteiger partial charge in [0.2, 0.25) is 0 Å². The van der Waals surface area contributed by atoms with Gasteiger partial charge in [-0.1, -0.05) is 27.7 Å². The number of likely N-dealkylation sites (N-methyl/N-ethyl adjacent to an activating group) is 4. The van der Waals surface area contributed by atoms with Crippen LogP contribution in [0.2, 0.25) is 0 Å². The van der Waals surface area contributed by atoms with Crippen LogP contribution in [-0.4, -0.2) is 103 Å². The molecule has 5 nitrogen and oxygen atoms in total. The second kappa shape index (κ2) is 11.1. The average Bonchev–Trinajstić information content (AvgIpc) is 2.55. The fourth-order valence-corrected chi connectivity index (χ4v) is 3.35. The van der Waals surface area contributed by atoms with Crippen molar-refractivity contribution in [2.75, 3.05) is 72.0 Å². The molecule has 23 heavy (non-hydrogen) atoms. The van der Waals surface area contributed by atoms with Crippen LogP contribution in [0.1, 0.15) is 34.6 Å². The predicted octanol–water partition coefficient (Wildman–Crippen LogP) is 1.25. The van der Waals surface area contributed by atoms with Gasteiger partial charge in [-0.2, -0.15) is 0 Å². The van der Waals surface area contributed by atoms with E-state index in [4.69, 9.17) is 0 Å². The first-order chi connectivity index (χ1) is 11.0. The lowest BCUT2D eigenvalue weighted by Crippen LogP contribution is -2.52. The number of carbonyl (C=O) groups excluding carboxylic acids is 1. The highest BCUT2D eigenvalue weighted by atomic mass is 16.1. The second-order valence-corrected chi connectivity index (χ2v) is 6.52. The predicted molar refractivity (Wildman–Crippen MR) is 98.1 cm³/mol. The highest BCUT2D eigenvalue weighted by Crippen LogP contribution is 2.07. The molecule has 0 aromatic rings. The molecule has 0 aromatic carbocycles. The molecular formula is C18H38N4O. The molecule has 1 heterocycles. The summed E-state index contributed by atoms with van der Waals surface area (Å²) in [5.74, 6) is 0.303. The zero-order valence-electron chi connectivity index (χ0n) is 16.1. The van der Waals surface area contributed by atoms with Gasteiger partial charge in [-0.25, -0.2) is 0 Å². The molecule has 0 bridgehead atoms. The van der Waals surface area contributed by atoms with Crippen molar-refractivity contribution in [1.29, 1.82) is 0 Å². The van der Waals surface area contributed by atoms with E-state index in [1.54, 1.807) is 6.92 Å². The number of hydrogen-bond donors (Lipinski definition) is 0. The Morgan fingerprint density at radius 3 is 1.57 bits per heavy atom. The molecule has 1 aliphatic heterocycles. The Labute approximate surface area is 143 Å². The smallest absolute Gasteiger partial charge is 0.148 e. The van der Waals surface area contributed by atoms with Gasteiger partial charge in [0.05, 0.1) is 6.04 Å². The Kier molecular flexibility index (Phi) is 9.95. The fraction of sp³-hybridized carbons (Fsp3) is 0.944. The Bertz CT molecular complexity index is 337. The van der Waals surface area contributed by atoms with E-state index in [-0.39, 0.29) is 6.04 Å². The first-order valence-corrected chi connectivity index (χ1v) is 9.47. The normalized spacial score (nSPS) is 25.0. The molecule has 1 fully saturated rings. The first kappa shape index (κ1) is 20.6. The van der Waals surface area contributed by atoms with Gasteiger partial charge in [0.25, 0.3) is 0 Å². The summed E-state index contributed by atoms with van der Waals surface area (Å²) in [7, 11) is 0. The highest BCUT2D eigenvalue weighted by Gasteiger charge is 2.25. The molecule has 0 N–H and O–H groups in total. The number of carbonyl (C=O) groups is 1. The highest BCUT2D eigenvalue weighted by molar-refractivity contribution is 5.81. The molecule has 1 aliphatic rings. The van der Waals surface area contributed by atoms with E-state index in [0.717, 1.165) is 72.0 Å². The summed E-state index contributed by atoms with van der Waals surface area (Å²) in [6.45, 7) is 22.1. The molecule has 0 spiro atoms. The minimum Gasteiger partial charge on any atom is -0.301 e. The van der Waals surface area contributed by atoms with Gasteiger partial charge in [-0.3, -0.25) is 9.69 Å². The molecule has 0 radical (unpaired) electrons. The average molecular weight is 327 g/mol. The quantitative estimate of drug-likeness (QED) is 0.759. The van der Waals surface area contributed by atoms with Crippen LogP contribution in [0.25, 0.3) is 0 Å². The van der Waals surface area contributed by atoms with Crippen LogP contribution < -0.4 is 0 Å². The number of hydrogen-bond acceptors (Lipinski definition) is 5. The Morgan fingerprint density at radius 1 is 0.739 bits per heavy atom. The van der Waals surface area contributed by atoms with Crippen molar-refractivity contribution in [2.45, 2.75) is 40.7 Å². The third-order valence-electron chi connectivity index (χ3n) is 5.26. The molecule has 136 valence electrons. The summed E-state index contributed by atoms with van der Waals surface area (Å²) in [5.41, 5.74) is 0. The molecule has 1 unspecified atom stereocenters. The van der Waals surface area contributed by atoms with Gasteiger partial charge >= 0.3 is 0 Å². The lowest BCUT2D eigenvalue weighted by Gasteiger charge is -2.37. The zero-order chi connectivity index (χ0) is 17.2. The van der Waals surface area contributed by atoms with Gasteiger partial charge in [-0.15, -0.1) is 0 Å². The summed E-state index contributed by atoms with van der Waals surface area (Å²) in [5, 5.41) is 0. The maximum absolute atomic E-state index is 12.2. The Hall–Kier alpha value is -0.490. The number of rotatable bonds is 5. The van der Waals surface area contributed by atoms with Gasteiger partial charge in [0, 0.05) is 45.8 Å². The lowest BCUT2D eigenvalue weighted by atomic mass is 10.1. The third-order valence-corrected chi connectivity index (χ3v) is 5.26. The monoisotopic (exact) mass is 326 g/mol. The van der Waals surface area contributed by atoms with Gasteiger partial charge in [0.1, 0.15) is 5.78 Å². The van der Waals surface area contributed by atoms with Crippen molar-refractivity contribution in [2.24, 2.45) is 0 Å². The molecule has 5 heteroatoms. The van der Waals surface area contributed by atoms with Crippen molar-refractivity contribution < 1.29 is 4.79 Å². The van der Waals surface area contributed by atoms with Crippen LogP contribution in [0.5, 0.6) is 0 Å². The van der Waals surface area contributed by atoms with E-state index in [1.807, 2.05) is 0 Å². The molecule has 0 aromatic heterocycles. The van der Waals surface area contributed by atoms with Crippen LogP contribution in [0, 0.1) is 0 Å². The maximum Gasteiger partial charge on any atom is 0.148 e. The molecule has 0 aliphatic carbocycles. The van der Waals surface area contributed by atoms with Crippen molar-refractivity contribution in [1.82, 2.24) is 19.6 Å². The van der Waals surface area contributed by atoms with Crippen LogP contribution in [0.4, 0.5) is 0 Å². The number of Topliss-reactive ketones (excluding diaryl/α,β-unsaturated/α-hetero) is 1. The van der Waals surface area contributed by atoms with Crippen LogP contribution in [-0.2, 0) is 4.79 Å². The third kappa shape index (κ3) is 6.87. The molecular weight excluding hydrogens is 288 g/mol. The van der Waals surface area contributed by atoms with E-state index >= 15 is 0 Å². The summed E-state index contributed by atoms with van der Waals surface area (Å²) in [6.07, 6.45) is 0. The molecule has 0 saturated carbocycles. The lowest BCUT2D eigenvalue weighted by molar-refractivity contribution is -0.123. The van der Waals surface area contributed by atoms with Crippen molar-refractivity contribution in [3.8, 4) is 0 Å². The van der Waals surface area contributed by atoms with E-state index in [2.05, 4.69) is 47.3 Å². The molecule has 1 saturated heterocycles. The maximum atomic E-state index is 12.2. The summed E-state index contributed by atoms with van der Waals surface area (Å²) < 4.78 is 0. The second-order valence-electron chi connectivity index (χ2n) is 6.52. The standard InChI is InChI=1S/C18H38N4O/c1-6-19-10-11-20(7-2)14-15-22(9-4)18(17(5)23)16-21(8-3)13-12-19/h18H,6-16H2,1-5H3. The van der Waals surface area contributed by atoms with Crippen molar-refractivity contribution >= 4 is 5.78 Å². The number of nitrogens with zero attached hydrogens (tertiary/aromatic N) is 4. The topological polar surface area (TPSA) is 30.0 Å². The van der Waals surface area contributed by atoms with Gasteiger partial charge < -0.3 is 14.7 Å².